The van der Waals surface area contributed by atoms with Crippen LogP contribution in [-0.4, -0.2) is 16.1 Å². The van der Waals surface area contributed by atoms with Crippen LogP contribution in [0, 0.1) is 23.2 Å². The van der Waals surface area contributed by atoms with E-state index < -0.39 is 16.6 Å². The van der Waals surface area contributed by atoms with Gasteiger partial charge in [0.1, 0.15) is 0 Å². The molecule has 4 nitrogen and oxygen atoms in total. The number of anilines is 1. The third-order valence-corrected chi connectivity index (χ3v) is 6.29. The summed E-state index contributed by atoms with van der Waals surface area (Å²) in [6.45, 7) is 0. The van der Waals surface area contributed by atoms with Gasteiger partial charge in [-0.3, -0.25) is 4.79 Å². The molecule has 0 aliphatic heterocycles. The lowest BCUT2D eigenvalue weighted by Crippen LogP contribution is -2.51. The van der Waals surface area contributed by atoms with Crippen molar-refractivity contribution < 1.29 is 18.0 Å². The quantitative estimate of drug-likeness (QED) is 0.899. The highest BCUT2D eigenvalue weighted by Crippen LogP contribution is 2.60. The molecule has 5 rings (SSSR count). The third kappa shape index (κ3) is 2.31. The van der Waals surface area contributed by atoms with E-state index in [-0.39, 0.29) is 11.0 Å². The molecule has 1 heterocycles. The highest BCUT2D eigenvalue weighted by molar-refractivity contribution is 7.15. The zero-order valence-electron chi connectivity index (χ0n) is 11.8. The van der Waals surface area contributed by atoms with Gasteiger partial charge in [0.2, 0.25) is 16.0 Å². The molecule has 22 heavy (non-hydrogen) atoms. The SMILES string of the molecule is O=C(Nc1nnc(C(F)(F)F)s1)C12CC3CC(CC(C3)C1)C2. The van der Waals surface area contributed by atoms with Crippen molar-refractivity contribution in [3.05, 3.63) is 5.01 Å². The third-order valence-electron chi connectivity index (χ3n) is 5.41. The van der Waals surface area contributed by atoms with E-state index in [0.29, 0.717) is 29.1 Å². The fourth-order valence-electron chi connectivity index (χ4n) is 5.01. The Hall–Kier alpha value is -1.18. The van der Waals surface area contributed by atoms with Crippen LogP contribution >= 0.6 is 11.3 Å². The Kier molecular flexibility index (Phi) is 3.05. The van der Waals surface area contributed by atoms with Crippen LogP contribution < -0.4 is 5.32 Å². The molecule has 8 heteroatoms. The van der Waals surface area contributed by atoms with Crippen LogP contribution in [0.3, 0.4) is 0 Å². The molecule has 1 aromatic rings. The standard InChI is InChI=1S/C14H16F3N3OS/c15-14(16,17)11-19-20-12(22-11)18-10(21)13-4-7-1-8(5-13)3-9(2-7)6-13/h7-9H,1-6H2,(H,18,20,21). The van der Waals surface area contributed by atoms with Crippen LogP contribution in [0.4, 0.5) is 18.3 Å². The number of alkyl halides is 3. The first kappa shape index (κ1) is 14.4. The number of amides is 1. The highest BCUT2D eigenvalue weighted by Gasteiger charge is 2.54. The van der Waals surface area contributed by atoms with Gasteiger partial charge >= 0.3 is 6.18 Å². The van der Waals surface area contributed by atoms with E-state index in [0.717, 1.165) is 19.3 Å². The molecule has 0 radical (unpaired) electrons. The average Bonchev–Trinajstić information content (AvgIpc) is 2.85. The minimum absolute atomic E-state index is 0.0481. The Bertz CT molecular complexity index is 577. The van der Waals surface area contributed by atoms with Crippen LogP contribution in [0.5, 0.6) is 0 Å². The summed E-state index contributed by atoms with van der Waals surface area (Å²) in [5.41, 5.74) is -0.390. The predicted molar refractivity (Wildman–Crippen MR) is 74.1 cm³/mol. The summed E-state index contributed by atoms with van der Waals surface area (Å²) in [7, 11) is 0. The number of hydrogen-bond donors (Lipinski definition) is 1. The number of carbonyl (C=O) groups excluding carboxylic acids is 1. The Morgan fingerprint density at radius 3 is 2.09 bits per heavy atom. The molecule has 4 saturated carbocycles. The largest absolute Gasteiger partial charge is 0.445 e. The van der Waals surface area contributed by atoms with Gasteiger partial charge in [-0.1, -0.05) is 11.3 Å². The Balaban J connectivity index is 1.52. The molecule has 0 atom stereocenters. The van der Waals surface area contributed by atoms with Crippen LogP contribution in [0.1, 0.15) is 43.5 Å². The van der Waals surface area contributed by atoms with Gasteiger partial charge in [-0.05, 0) is 56.3 Å². The zero-order valence-corrected chi connectivity index (χ0v) is 12.6. The molecule has 4 bridgehead atoms. The van der Waals surface area contributed by atoms with Crippen LogP contribution in [-0.2, 0) is 11.0 Å². The van der Waals surface area contributed by atoms with E-state index in [1.165, 1.54) is 19.3 Å². The number of hydrogen-bond acceptors (Lipinski definition) is 4. The normalized spacial score (nSPS) is 36.6. The predicted octanol–water partition coefficient (Wildman–Crippen LogP) is 3.71. The Morgan fingerprint density at radius 2 is 1.64 bits per heavy atom. The number of halogens is 3. The first-order valence-corrected chi connectivity index (χ1v) is 8.38. The summed E-state index contributed by atoms with van der Waals surface area (Å²) in [4.78, 5) is 12.7. The summed E-state index contributed by atoms with van der Waals surface area (Å²) in [6.07, 6.45) is 1.74. The van der Waals surface area contributed by atoms with Gasteiger partial charge in [0.15, 0.2) is 0 Å². The molecule has 0 aromatic carbocycles. The van der Waals surface area contributed by atoms with Gasteiger partial charge in [-0.15, -0.1) is 10.2 Å². The summed E-state index contributed by atoms with van der Waals surface area (Å²) in [5.74, 6) is 1.67. The molecule has 0 unspecified atom stereocenters. The molecule has 4 aliphatic rings. The molecule has 4 aliphatic carbocycles. The topological polar surface area (TPSA) is 54.9 Å². The van der Waals surface area contributed by atoms with E-state index in [1.54, 1.807) is 0 Å². The maximum Gasteiger partial charge on any atom is 0.445 e. The first-order chi connectivity index (χ1) is 10.3. The van der Waals surface area contributed by atoms with E-state index in [9.17, 15) is 18.0 Å². The van der Waals surface area contributed by atoms with Gasteiger partial charge in [-0.2, -0.15) is 13.2 Å². The summed E-state index contributed by atoms with van der Waals surface area (Å²) in [5, 5.41) is 8.11. The number of rotatable bonds is 2. The van der Waals surface area contributed by atoms with E-state index in [1.807, 2.05) is 0 Å². The van der Waals surface area contributed by atoms with Gasteiger partial charge in [0.25, 0.3) is 0 Å². The van der Waals surface area contributed by atoms with Crippen LogP contribution in [0.2, 0.25) is 0 Å². The maximum absolute atomic E-state index is 12.7. The van der Waals surface area contributed by atoms with Crippen LogP contribution in [0.25, 0.3) is 0 Å². The molecular weight excluding hydrogens is 315 g/mol. The average molecular weight is 331 g/mol. The molecule has 1 N–H and O–H groups in total. The molecule has 0 spiro atoms. The molecule has 1 amide bonds. The first-order valence-electron chi connectivity index (χ1n) is 7.56. The molecule has 120 valence electrons. The molecule has 1 aromatic heterocycles. The van der Waals surface area contributed by atoms with Crippen molar-refractivity contribution >= 4 is 22.4 Å². The molecular formula is C14H16F3N3OS. The van der Waals surface area contributed by atoms with Crippen molar-refractivity contribution in [1.82, 2.24) is 10.2 Å². The highest BCUT2D eigenvalue weighted by atomic mass is 32.1. The summed E-state index contributed by atoms with van der Waals surface area (Å²) in [6, 6.07) is 0. The summed E-state index contributed by atoms with van der Waals surface area (Å²) < 4.78 is 37.6. The monoisotopic (exact) mass is 331 g/mol. The van der Waals surface area contributed by atoms with Crippen molar-refractivity contribution in [1.29, 1.82) is 0 Å². The van der Waals surface area contributed by atoms with Crippen molar-refractivity contribution in [2.24, 2.45) is 23.2 Å². The Labute approximate surface area is 129 Å². The number of carbonyl (C=O) groups is 1. The minimum Gasteiger partial charge on any atom is -0.300 e. The second kappa shape index (κ2) is 4.66. The lowest BCUT2D eigenvalue weighted by Gasteiger charge is -2.55. The second-order valence-corrected chi connectivity index (χ2v) is 8.04. The number of aromatic nitrogens is 2. The summed E-state index contributed by atoms with van der Waals surface area (Å²) >= 11 is 0.393. The fraction of sp³-hybridized carbons (Fsp3) is 0.786. The second-order valence-electron chi connectivity index (χ2n) is 7.06. The smallest absolute Gasteiger partial charge is 0.300 e. The molecule has 4 fully saturated rings. The van der Waals surface area contributed by atoms with Crippen molar-refractivity contribution in [3.63, 3.8) is 0 Å². The van der Waals surface area contributed by atoms with Crippen molar-refractivity contribution in [2.75, 3.05) is 5.32 Å². The fourth-order valence-corrected chi connectivity index (χ4v) is 5.61. The molecule has 0 saturated heterocycles. The van der Waals surface area contributed by atoms with E-state index in [4.69, 9.17) is 0 Å². The van der Waals surface area contributed by atoms with Crippen molar-refractivity contribution in [3.8, 4) is 0 Å². The van der Waals surface area contributed by atoms with Crippen molar-refractivity contribution in [2.45, 2.75) is 44.7 Å². The van der Waals surface area contributed by atoms with Crippen LogP contribution in [0.15, 0.2) is 0 Å². The lowest BCUT2D eigenvalue weighted by molar-refractivity contribution is -0.140. The maximum atomic E-state index is 12.7. The Morgan fingerprint density at radius 1 is 1.09 bits per heavy atom. The number of nitrogens with one attached hydrogen (secondary N) is 1. The number of nitrogens with zero attached hydrogens (tertiary/aromatic N) is 2. The van der Waals surface area contributed by atoms with E-state index in [2.05, 4.69) is 15.5 Å². The zero-order chi connectivity index (χ0) is 15.5. The van der Waals surface area contributed by atoms with Gasteiger partial charge in [0.05, 0.1) is 5.41 Å². The lowest BCUT2D eigenvalue weighted by atomic mass is 9.49. The van der Waals surface area contributed by atoms with Gasteiger partial charge < -0.3 is 5.32 Å². The van der Waals surface area contributed by atoms with E-state index >= 15 is 0 Å². The minimum atomic E-state index is -4.51. The van der Waals surface area contributed by atoms with Gasteiger partial charge in [-0.25, -0.2) is 0 Å². The van der Waals surface area contributed by atoms with Gasteiger partial charge in [0, 0.05) is 0 Å².